The van der Waals surface area contributed by atoms with Gasteiger partial charge in [-0.15, -0.1) is 13.2 Å². The average Bonchev–Trinajstić information content (AvgIpc) is 3.26. The van der Waals surface area contributed by atoms with Gasteiger partial charge in [0.15, 0.2) is 5.76 Å². The van der Waals surface area contributed by atoms with Crippen molar-refractivity contribution in [3.8, 4) is 17.0 Å². The number of benzene rings is 2. The van der Waals surface area contributed by atoms with Crippen molar-refractivity contribution in [3.05, 3.63) is 66.2 Å². The molecule has 2 aromatic carbocycles. The van der Waals surface area contributed by atoms with Crippen molar-refractivity contribution in [2.24, 2.45) is 0 Å². The second kappa shape index (κ2) is 10.4. The van der Waals surface area contributed by atoms with Crippen LogP contribution in [0.25, 0.3) is 11.3 Å². The van der Waals surface area contributed by atoms with Crippen LogP contribution in [0.15, 0.2) is 59.1 Å². The van der Waals surface area contributed by atoms with E-state index in [-0.39, 0.29) is 11.6 Å². The van der Waals surface area contributed by atoms with Crippen LogP contribution in [0.4, 0.5) is 23.2 Å². The number of halogens is 4. The molecule has 0 bridgehead atoms. The summed E-state index contributed by atoms with van der Waals surface area (Å²) in [6.07, 6.45) is -4.72. The van der Waals surface area contributed by atoms with E-state index in [1.165, 1.54) is 36.4 Å². The standard InChI is InChI=1S/C24H26F4N4O2/c1-30(10-11-31-12-14-32(15-13-31)20-6-4-19(25)5-7-20)17-22-16-23(29-34-22)18-2-8-21(9-3-18)33-24(26,27)28/h2-9,16H,10-15,17H2,1H3. The maximum atomic E-state index is 13.1. The number of hydrogen-bond acceptors (Lipinski definition) is 6. The summed E-state index contributed by atoms with van der Waals surface area (Å²) >= 11 is 0. The van der Waals surface area contributed by atoms with Gasteiger partial charge in [-0.3, -0.25) is 9.80 Å². The Labute approximate surface area is 195 Å². The van der Waals surface area contributed by atoms with Crippen LogP contribution in [0.2, 0.25) is 0 Å². The van der Waals surface area contributed by atoms with Gasteiger partial charge in [0, 0.05) is 56.6 Å². The van der Waals surface area contributed by atoms with Gasteiger partial charge in [0.2, 0.25) is 0 Å². The number of aromatic nitrogens is 1. The molecule has 1 aromatic heterocycles. The number of anilines is 1. The van der Waals surface area contributed by atoms with Crippen molar-refractivity contribution in [2.45, 2.75) is 12.9 Å². The maximum absolute atomic E-state index is 13.1. The first-order valence-corrected chi connectivity index (χ1v) is 11.0. The van der Waals surface area contributed by atoms with E-state index < -0.39 is 6.36 Å². The summed E-state index contributed by atoms with van der Waals surface area (Å²) in [5.41, 5.74) is 2.24. The highest BCUT2D eigenvalue weighted by molar-refractivity contribution is 5.59. The Kier molecular flexibility index (Phi) is 7.38. The molecule has 3 aromatic rings. The van der Waals surface area contributed by atoms with Crippen molar-refractivity contribution in [2.75, 3.05) is 51.2 Å². The molecule has 0 amide bonds. The monoisotopic (exact) mass is 478 g/mol. The normalized spacial score (nSPS) is 15.2. The molecule has 1 aliphatic rings. The molecule has 1 saturated heterocycles. The van der Waals surface area contributed by atoms with Gasteiger partial charge in [-0.05, 0) is 55.6 Å². The van der Waals surface area contributed by atoms with Gasteiger partial charge in [-0.2, -0.15) is 0 Å². The minimum atomic E-state index is -4.72. The van der Waals surface area contributed by atoms with Crippen molar-refractivity contribution in [1.29, 1.82) is 0 Å². The molecule has 6 nitrogen and oxygen atoms in total. The molecule has 0 atom stereocenters. The van der Waals surface area contributed by atoms with Crippen LogP contribution in [0.3, 0.4) is 0 Å². The van der Waals surface area contributed by atoms with Crippen LogP contribution in [-0.4, -0.2) is 67.6 Å². The van der Waals surface area contributed by atoms with E-state index in [9.17, 15) is 17.6 Å². The number of rotatable bonds is 8. The third-order valence-corrected chi connectivity index (χ3v) is 5.73. The summed E-state index contributed by atoms with van der Waals surface area (Å²) in [5.74, 6) is 0.171. The molecule has 2 heterocycles. The molecule has 10 heteroatoms. The fraction of sp³-hybridized carbons (Fsp3) is 0.375. The van der Waals surface area contributed by atoms with E-state index in [1.54, 1.807) is 6.07 Å². The first-order chi connectivity index (χ1) is 16.2. The number of alkyl halides is 3. The van der Waals surface area contributed by atoms with Gasteiger partial charge < -0.3 is 14.2 Å². The minimum Gasteiger partial charge on any atom is -0.406 e. The smallest absolute Gasteiger partial charge is 0.406 e. The van der Waals surface area contributed by atoms with Crippen LogP contribution in [0, 0.1) is 5.82 Å². The van der Waals surface area contributed by atoms with Gasteiger partial charge in [-0.1, -0.05) is 5.16 Å². The first-order valence-electron chi connectivity index (χ1n) is 11.0. The molecule has 0 aliphatic carbocycles. The summed E-state index contributed by atoms with van der Waals surface area (Å²) in [7, 11) is 2.00. The van der Waals surface area contributed by atoms with E-state index in [1.807, 2.05) is 19.2 Å². The molecule has 0 spiro atoms. The fourth-order valence-corrected chi connectivity index (χ4v) is 3.89. The largest absolute Gasteiger partial charge is 0.573 e. The van der Waals surface area contributed by atoms with E-state index >= 15 is 0 Å². The lowest BCUT2D eigenvalue weighted by molar-refractivity contribution is -0.274. The van der Waals surface area contributed by atoms with E-state index in [0.717, 1.165) is 45.0 Å². The lowest BCUT2D eigenvalue weighted by atomic mass is 10.1. The Balaban J connectivity index is 1.21. The van der Waals surface area contributed by atoms with Crippen molar-refractivity contribution < 1.29 is 26.8 Å². The number of ether oxygens (including phenoxy) is 1. The Hall–Kier alpha value is -3.11. The zero-order valence-corrected chi connectivity index (χ0v) is 18.8. The molecule has 1 fully saturated rings. The van der Waals surface area contributed by atoms with Gasteiger partial charge >= 0.3 is 6.36 Å². The Morgan fingerprint density at radius 1 is 1.00 bits per heavy atom. The van der Waals surface area contributed by atoms with Gasteiger partial charge in [0.05, 0.1) is 6.54 Å². The lowest BCUT2D eigenvalue weighted by Crippen LogP contribution is -2.48. The summed E-state index contributed by atoms with van der Waals surface area (Å²) in [4.78, 5) is 6.79. The predicted molar refractivity (Wildman–Crippen MR) is 120 cm³/mol. The third-order valence-electron chi connectivity index (χ3n) is 5.73. The SMILES string of the molecule is CN(CCN1CCN(c2ccc(F)cc2)CC1)Cc1cc(-c2ccc(OC(F)(F)F)cc2)no1. The quantitative estimate of drug-likeness (QED) is 0.440. The van der Waals surface area contributed by atoms with E-state index in [2.05, 4.69) is 24.6 Å². The van der Waals surface area contributed by atoms with Crippen LogP contribution in [-0.2, 0) is 6.54 Å². The number of hydrogen-bond donors (Lipinski definition) is 0. The van der Waals surface area contributed by atoms with Crippen molar-refractivity contribution >= 4 is 5.69 Å². The maximum Gasteiger partial charge on any atom is 0.573 e. The summed E-state index contributed by atoms with van der Waals surface area (Å²) < 4.78 is 59.3. The van der Waals surface area contributed by atoms with E-state index in [4.69, 9.17) is 4.52 Å². The molecule has 4 rings (SSSR count). The van der Waals surface area contributed by atoms with Crippen LogP contribution >= 0.6 is 0 Å². The molecular formula is C24H26F4N4O2. The summed E-state index contributed by atoms with van der Waals surface area (Å²) in [6, 6.07) is 13.9. The second-order valence-corrected chi connectivity index (χ2v) is 8.29. The Morgan fingerprint density at radius 3 is 2.32 bits per heavy atom. The highest BCUT2D eigenvalue weighted by atomic mass is 19.4. The molecule has 1 aliphatic heterocycles. The zero-order chi connectivity index (χ0) is 24.1. The molecule has 0 radical (unpaired) electrons. The average molecular weight is 478 g/mol. The molecule has 182 valence electrons. The Morgan fingerprint density at radius 2 is 1.68 bits per heavy atom. The molecule has 0 unspecified atom stereocenters. The fourth-order valence-electron chi connectivity index (χ4n) is 3.89. The van der Waals surface area contributed by atoms with E-state index in [0.29, 0.717) is 23.6 Å². The highest BCUT2D eigenvalue weighted by Gasteiger charge is 2.31. The minimum absolute atomic E-state index is 0.224. The second-order valence-electron chi connectivity index (χ2n) is 8.29. The van der Waals surface area contributed by atoms with Crippen molar-refractivity contribution in [3.63, 3.8) is 0 Å². The molecule has 0 N–H and O–H groups in total. The first kappa shape index (κ1) is 24.0. The zero-order valence-electron chi connectivity index (χ0n) is 18.8. The van der Waals surface area contributed by atoms with Crippen LogP contribution in [0.5, 0.6) is 5.75 Å². The highest BCUT2D eigenvalue weighted by Crippen LogP contribution is 2.26. The number of nitrogens with zero attached hydrogens (tertiary/aromatic N) is 4. The topological polar surface area (TPSA) is 45.0 Å². The van der Waals surface area contributed by atoms with Crippen LogP contribution in [0.1, 0.15) is 5.76 Å². The predicted octanol–water partition coefficient (Wildman–Crippen LogP) is 4.63. The summed E-state index contributed by atoms with van der Waals surface area (Å²) in [6.45, 7) is 5.99. The van der Waals surface area contributed by atoms with Gasteiger partial charge in [0.1, 0.15) is 17.3 Å². The Bertz CT molecular complexity index is 1050. The molecule has 0 saturated carbocycles. The van der Waals surface area contributed by atoms with Gasteiger partial charge in [-0.25, -0.2) is 4.39 Å². The van der Waals surface area contributed by atoms with Crippen molar-refractivity contribution in [1.82, 2.24) is 15.0 Å². The molecular weight excluding hydrogens is 452 g/mol. The van der Waals surface area contributed by atoms with Gasteiger partial charge in [0.25, 0.3) is 0 Å². The van der Waals surface area contributed by atoms with Crippen LogP contribution < -0.4 is 9.64 Å². The number of piperazine rings is 1. The number of likely N-dealkylation sites (N-methyl/N-ethyl adjacent to an activating group) is 1. The third kappa shape index (κ3) is 6.71. The molecule has 34 heavy (non-hydrogen) atoms. The summed E-state index contributed by atoms with van der Waals surface area (Å²) in [5, 5.41) is 4.03. The lowest BCUT2D eigenvalue weighted by Gasteiger charge is -2.36.